The van der Waals surface area contributed by atoms with E-state index in [9.17, 15) is 9.59 Å². The Hall–Kier alpha value is -1.56. The highest BCUT2D eigenvalue weighted by Crippen LogP contribution is 2.26. The molecule has 0 saturated heterocycles. The lowest BCUT2D eigenvalue weighted by Crippen LogP contribution is -2.50. The van der Waals surface area contributed by atoms with Gasteiger partial charge in [0.15, 0.2) is 6.10 Å². The summed E-state index contributed by atoms with van der Waals surface area (Å²) in [5.41, 5.74) is 1.09. The van der Waals surface area contributed by atoms with Gasteiger partial charge in [0.2, 0.25) is 0 Å². The van der Waals surface area contributed by atoms with Crippen molar-refractivity contribution in [1.29, 1.82) is 0 Å². The van der Waals surface area contributed by atoms with Crippen molar-refractivity contribution in [2.75, 3.05) is 7.11 Å². The first-order valence-electron chi connectivity index (χ1n) is 8.14. The second-order valence-electron chi connectivity index (χ2n) is 5.78. The van der Waals surface area contributed by atoms with E-state index in [-0.39, 0.29) is 11.8 Å². The number of ether oxygens (including phenoxy) is 2. The minimum absolute atomic E-state index is 0.0275. The van der Waals surface area contributed by atoms with Gasteiger partial charge in [-0.3, -0.25) is 4.79 Å². The summed E-state index contributed by atoms with van der Waals surface area (Å²) in [7, 11) is 1.33. The van der Waals surface area contributed by atoms with Crippen LogP contribution in [0.4, 0.5) is 0 Å². The molecule has 5 nitrogen and oxygen atoms in total. The Morgan fingerprint density at radius 1 is 1.25 bits per heavy atom. The lowest BCUT2D eigenvalue weighted by atomic mass is 9.94. The van der Waals surface area contributed by atoms with E-state index >= 15 is 0 Å². The maximum absolute atomic E-state index is 12.4. The van der Waals surface area contributed by atoms with Crippen LogP contribution in [0.1, 0.15) is 39.2 Å². The first-order valence-corrected chi connectivity index (χ1v) is 8.94. The third-order valence-electron chi connectivity index (χ3n) is 4.03. The van der Waals surface area contributed by atoms with Crippen LogP contribution in [0.5, 0.6) is 5.75 Å². The van der Waals surface area contributed by atoms with Crippen molar-refractivity contribution in [3.63, 3.8) is 0 Å². The number of methoxy groups -OCH3 is 1. The molecule has 6 heteroatoms. The molecule has 1 aromatic rings. The average molecular weight is 400 g/mol. The van der Waals surface area contributed by atoms with Crippen LogP contribution in [0.2, 0.25) is 0 Å². The molecule has 0 heterocycles. The molecule has 134 valence electrons. The molecule has 0 saturated carbocycles. The fourth-order valence-electron chi connectivity index (χ4n) is 2.47. The summed E-state index contributed by atoms with van der Waals surface area (Å²) in [5, 5.41) is 2.77. The summed E-state index contributed by atoms with van der Waals surface area (Å²) < 4.78 is 11.3. The average Bonchev–Trinajstić information content (AvgIpc) is 2.56. The van der Waals surface area contributed by atoms with Gasteiger partial charge in [-0.05, 0) is 53.4 Å². The molecule has 1 N–H and O–H groups in total. The molecule has 1 rings (SSSR count). The molecule has 0 aliphatic carbocycles. The first kappa shape index (κ1) is 20.5. The molecule has 0 fully saturated rings. The lowest BCUT2D eigenvalue weighted by molar-refractivity contribution is -0.147. The molecule has 1 amide bonds. The summed E-state index contributed by atoms with van der Waals surface area (Å²) in [4.78, 5) is 24.4. The van der Waals surface area contributed by atoms with Crippen LogP contribution in [-0.2, 0) is 14.3 Å². The standard InChI is InChI=1S/C18H26BrNO4/c1-6-13(7-2)16(18(22)23-5)20-17(21)12(4)24-15-9-8-11(3)10-14(15)19/h8-10,12-13,16H,6-7H2,1-5H3,(H,20,21)/t12-,16+/m1/s1. The second-order valence-corrected chi connectivity index (χ2v) is 6.63. The molecule has 0 bridgehead atoms. The first-order chi connectivity index (χ1) is 11.3. The Morgan fingerprint density at radius 3 is 2.38 bits per heavy atom. The lowest BCUT2D eigenvalue weighted by Gasteiger charge is -2.25. The van der Waals surface area contributed by atoms with Crippen molar-refractivity contribution in [1.82, 2.24) is 5.32 Å². The zero-order valence-corrected chi connectivity index (χ0v) is 16.5. The van der Waals surface area contributed by atoms with Gasteiger partial charge >= 0.3 is 5.97 Å². The maximum atomic E-state index is 12.4. The second kappa shape index (κ2) is 9.67. The largest absolute Gasteiger partial charge is 0.480 e. The van der Waals surface area contributed by atoms with Crippen molar-refractivity contribution in [3.05, 3.63) is 28.2 Å². The van der Waals surface area contributed by atoms with Crippen molar-refractivity contribution < 1.29 is 19.1 Å². The fraction of sp³-hybridized carbons (Fsp3) is 0.556. The van der Waals surface area contributed by atoms with Gasteiger partial charge in [-0.15, -0.1) is 0 Å². The Balaban J connectivity index is 2.80. The van der Waals surface area contributed by atoms with Gasteiger partial charge in [0.1, 0.15) is 11.8 Å². The number of halogens is 1. The topological polar surface area (TPSA) is 64.6 Å². The van der Waals surface area contributed by atoms with Crippen molar-refractivity contribution in [2.24, 2.45) is 5.92 Å². The van der Waals surface area contributed by atoms with E-state index in [4.69, 9.17) is 9.47 Å². The summed E-state index contributed by atoms with van der Waals surface area (Å²) in [6.07, 6.45) is 0.815. The Morgan fingerprint density at radius 2 is 1.88 bits per heavy atom. The molecule has 0 spiro atoms. The third kappa shape index (κ3) is 5.51. The van der Waals surface area contributed by atoms with Crippen LogP contribution in [0.3, 0.4) is 0 Å². The monoisotopic (exact) mass is 399 g/mol. The number of hydrogen-bond acceptors (Lipinski definition) is 4. The third-order valence-corrected chi connectivity index (χ3v) is 4.65. The molecule has 24 heavy (non-hydrogen) atoms. The number of aryl methyl sites for hydroxylation is 1. The van der Waals surface area contributed by atoms with E-state index < -0.39 is 18.1 Å². The highest BCUT2D eigenvalue weighted by atomic mass is 79.9. The van der Waals surface area contributed by atoms with Gasteiger partial charge in [-0.2, -0.15) is 0 Å². The predicted octanol–water partition coefficient (Wildman–Crippen LogP) is 3.62. The number of carbonyl (C=O) groups excluding carboxylic acids is 2. The zero-order valence-electron chi connectivity index (χ0n) is 14.9. The summed E-state index contributed by atoms with van der Waals surface area (Å²) in [6.45, 7) is 7.60. The Kier molecular flexibility index (Phi) is 8.25. The minimum Gasteiger partial charge on any atom is -0.480 e. The molecular formula is C18H26BrNO4. The number of nitrogens with one attached hydrogen (secondary N) is 1. The number of carbonyl (C=O) groups is 2. The number of rotatable bonds is 8. The summed E-state index contributed by atoms with van der Waals surface area (Å²) in [5.74, 6) is -0.161. The van der Waals surface area contributed by atoms with Crippen molar-refractivity contribution in [2.45, 2.75) is 52.7 Å². The zero-order chi connectivity index (χ0) is 18.3. The van der Waals surface area contributed by atoms with Gasteiger partial charge in [-0.25, -0.2) is 4.79 Å². The van der Waals surface area contributed by atoms with Crippen LogP contribution in [-0.4, -0.2) is 31.1 Å². The van der Waals surface area contributed by atoms with Crippen LogP contribution >= 0.6 is 15.9 Å². The van der Waals surface area contributed by atoms with E-state index in [1.54, 1.807) is 6.92 Å². The maximum Gasteiger partial charge on any atom is 0.328 e. The van der Waals surface area contributed by atoms with Gasteiger partial charge < -0.3 is 14.8 Å². The normalized spacial score (nSPS) is 13.3. The molecular weight excluding hydrogens is 374 g/mol. The number of benzene rings is 1. The predicted molar refractivity (Wildman–Crippen MR) is 97.0 cm³/mol. The van der Waals surface area contributed by atoms with Gasteiger partial charge in [-0.1, -0.05) is 32.8 Å². The van der Waals surface area contributed by atoms with Crippen molar-refractivity contribution in [3.8, 4) is 5.75 Å². The summed E-state index contributed by atoms with van der Waals surface area (Å²) >= 11 is 3.42. The molecule has 0 unspecified atom stereocenters. The van der Waals surface area contributed by atoms with E-state index in [0.717, 1.165) is 22.9 Å². The summed E-state index contributed by atoms with van der Waals surface area (Å²) in [6, 6.07) is 4.97. The quantitative estimate of drug-likeness (QED) is 0.677. The number of hydrogen-bond donors (Lipinski definition) is 1. The smallest absolute Gasteiger partial charge is 0.328 e. The van der Waals surface area contributed by atoms with Crippen LogP contribution in [0.25, 0.3) is 0 Å². The molecule has 0 radical (unpaired) electrons. The minimum atomic E-state index is -0.731. The van der Waals surface area contributed by atoms with Crippen LogP contribution < -0.4 is 10.1 Å². The van der Waals surface area contributed by atoms with Gasteiger partial charge in [0, 0.05) is 0 Å². The van der Waals surface area contributed by atoms with E-state index in [1.165, 1.54) is 7.11 Å². The molecule has 2 atom stereocenters. The fourth-order valence-corrected chi connectivity index (χ4v) is 3.06. The number of esters is 1. The highest BCUT2D eigenvalue weighted by molar-refractivity contribution is 9.10. The van der Waals surface area contributed by atoms with E-state index in [0.29, 0.717) is 5.75 Å². The molecule has 0 aliphatic heterocycles. The SMILES string of the molecule is CCC(CC)[C@H](NC(=O)[C@@H](C)Oc1ccc(C)cc1Br)C(=O)OC. The van der Waals surface area contributed by atoms with E-state index in [2.05, 4.69) is 21.2 Å². The molecule has 0 aromatic heterocycles. The Bertz CT molecular complexity index is 572. The van der Waals surface area contributed by atoms with Crippen molar-refractivity contribution >= 4 is 27.8 Å². The van der Waals surface area contributed by atoms with Gasteiger partial charge in [0.25, 0.3) is 5.91 Å². The molecule has 1 aromatic carbocycles. The van der Waals surface area contributed by atoms with E-state index in [1.807, 2.05) is 39.0 Å². The van der Waals surface area contributed by atoms with Crippen LogP contribution in [0.15, 0.2) is 22.7 Å². The van der Waals surface area contributed by atoms with Crippen LogP contribution in [0, 0.1) is 12.8 Å². The highest BCUT2D eigenvalue weighted by Gasteiger charge is 2.30. The van der Waals surface area contributed by atoms with Gasteiger partial charge in [0.05, 0.1) is 11.6 Å². The molecule has 0 aliphatic rings. The number of amides is 1. The Labute approximate surface area is 152 Å².